The van der Waals surface area contributed by atoms with E-state index in [-0.39, 0.29) is 4.90 Å². The van der Waals surface area contributed by atoms with Crippen molar-refractivity contribution >= 4 is 21.4 Å². The van der Waals surface area contributed by atoms with Gasteiger partial charge in [0.25, 0.3) is 10.0 Å². The molecule has 0 saturated carbocycles. The standard InChI is InChI=1S/C13H13FN2O2S/c1-16(13-5-3-2-4-12(13)15)19(17,18)11-8-6-10(14)7-9-11/h2-9H,15H2,1H3. The molecule has 0 saturated heterocycles. The number of anilines is 2. The van der Waals surface area contributed by atoms with Crippen LogP contribution < -0.4 is 10.0 Å². The van der Waals surface area contributed by atoms with Gasteiger partial charge in [-0.15, -0.1) is 0 Å². The zero-order valence-corrected chi connectivity index (χ0v) is 11.1. The molecule has 0 unspecified atom stereocenters. The Labute approximate surface area is 111 Å². The second-order valence-corrected chi connectivity index (χ2v) is 5.95. The Morgan fingerprint density at radius 1 is 1.05 bits per heavy atom. The molecule has 0 aliphatic heterocycles. The number of nitrogens with zero attached hydrogens (tertiary/aromatic N) is 1. The predicted octanol–water partition coefficient (Wildman–Crippen LogP) is 2.23. The van der Waals surface area contributed by atoms with E-state index in [4.69, 9.17) is 5.73 Å². The van der Waals surface area contributed by atoms with E-state index in [1.807, 2.05) is 0 Å². The largest absolute Gasteiger partial charge is 0.397 e. The Balaban J connectivity index is 2.45. The van der Waals surface area contributed by atoms with E-state index in [9.17, 15) is 12.8 Å². The minimum absolute atomic E-state index is 0.0136. The van der Waals surface area contributed by atoms with Crippen LogP contribution in [0, 0.1) is 5.82 Å². The van der Waals surface area contributed by atoms with Crippen molar-refractivity contribution in [1.29, 1.82) is 0 Å². The molecule has 2 aromatic carbocycles. The van der Waals surface area contributed by atoms with E-state index in [1.54, 1.807) is 24.3 Å². The average Bonchev–Trinajstić information content (AvgIpc) is 2.39. The van der Waals surface area contributed by atoms with E-state index < -0.39 is 15.8 Å². The number of benzene rings is 2. The van der Waals surface area contributed by atoms with Crippen LogP contribution in [0.1, 0.15) is 0 Å². The number of hydrogen-bond acceptors (Lipinski definition) is 3. The highest BCUT2D eigenvalue weighted by Crippen LogP contribution is 2.26. The van der Waals surface area contributed by atoms with Gasteiger partial charge in [-0.05, 0) is 36.4 Å². The van der Waals surface area contributed by atoms with Crippen molar-refractivity contribution in [2.75, 3.05) is 17.1 Å². The molecule has 2 N–H and O–H groups in total. The van der Waals surface area contributed by atoms with E-state index in [1.165, 1.54) is 19.2 Å². The molecule has 0 bridgehead atoms. The fourth-order valence-corrected chi connectivity index (χ4v) is 2.89. The van der Waals surface area contributed by atoms with Gasteiger partial charge in [-0.2, -0.15) is 0 Å². The number of nitrogen functional groups attached to an aromatic ring is 1. The molecule has 19 heavy (non-hydrogen) atoms. The van der Waals surface area contributed by atoms with Crippen molar-refractivity contribution in [2.45, 2.75) is 4.90 Å². The zero-order chi connectivity index (χ0) is 14.0. The molecule has 0 atom stereocenters. The van der Waals surface area contributed by atoms with Crippen molar-refractivity contribution in [3.05, 3.63) is 54.3 Å². The molecule has 0 fully saturated rings. The van der Waals surface area contributed by atoms with Crippen molar-refractivity contribution in [3.8, 4) is 0 Å². The Hall–Kier alpha value is -2.08. The predicted molar refractivity (Wildman–Crippen MR) is 72.8 cm³/mol. The lowest BCUT2D eigenvalue weighted by atomic mass is 10.3. The quantitative estimate of drug-likeness (QED) is 0.877. The maximum absolute atomic E-state index is 12.8. The van der Waals surface area contributed by atoms with Crippen molar-refractivity contribution in [3.63, 3.8) is 0 Å². The Morgan fingerprint density at radius 3 is 2.21 bits per heavy atom. The third-order valence-corrected chi connectivity index (χ3v) is 4.53. The van der Waals surface area contributed by atoms with Gasteiger partial charge in [0.15, 0.2) is 0 Å². The molecule has 6 heteroatoms. The van der Waals surface area contributed by atoms with Gasteiger partial charge in [0.05, 0.1) is 16.3 Å². The molecule has 0 amide bonds. The minimum Gasteiger partial charge on any atom is -0.397 e. The molecule has 0 aliphatic carbocycles. The van der Waals surface area contributed by atoms with Crippen LogP contribution in [-0.4, -0.2) is 15.5 Å². The maximum atomic E-state index is 12.8. The number of rotatable bonds is 3. The summed E-state index contributed by atoms with van der Waals surface area (Å²) in [7, 11) is -2.34. The van der Waals surface area contributed by atoms with Crippen LogP contribution in [0.5, 0.6) is 0 Å². The summed E-state index contributed by atoms with van der Waals surface area (Å²) in [5.74, 6) is -0.485. The number of para-hydroxylation sites is 2. The first-order valence-corrected chi connectivity index (χ1v) is 6.96. The summed E-state index contributed by atoms with van der Waals surface area (Å²) >= 11 is 0. The summed E-state index contributed by atoms with van der Waals surface area (Å²) in [5.41, 5.74) is 6.49. The summed E-state index contributed by atoms with van der Waals surface area (Å²) in [4.78, 5) is 0.0136. The number of hydrogen-bond donors (Lipinski definition) is 1. The van der Waals surface area contributed by atoms with Crippen molar-refractivity contribution < 1.29 is 12.8 Å². The van der Waals surface area contributed by atoms with Crippen LogP contribution in [0.3, 0.4) is 0 Å². The molecule has 0 heterocycles. The monoisotopic (exact) mass is 280 g/mol. The molecule has 100 valence electrons. The van der Waals surface area contributed by atoms with Crippen LogP contribution in [-0.2, 0) is 10.0 Å². The lowest BCUT2D eigenvalue weighted by Crippen LogP contribution is -2.27. The lowest BCUT2D eigenvalue weighted by Gasteiger charge is -2.20. The van der Waals surface area contributed by atoms with Gasteiger partial charge >= 0.3 is 0 Å². The van der Waals surface area contributed by atoms with E-state index in [0.29, 0.717) is 11.4 Å². The second kappa shape index (κ2) is 4.89. The molecular weight excluding hydrogens is 267 g/mol. The number of nitrogens with two attached hydrogens (primary N) is 1. The molecule has 0 aromatic heterocycles. The van der Waals surface area contributed by atoms with E-state index >= 15 is 0 Å². The van der Waals surface area contributed by atoms with E-state index in [2.05, 4.69) is 0 Å². The molecule has 0 radical (unpaired) electrons. The van der Waals surface area contributed by atoms with Crippen LogP contribution in [0.4, 0.5) is 15.8 Å². The van der Waals surface area contributed by atoms with Crippen LogP contribution in [0.15, 0.2) is 53.4 Å². The first-order valence-electron chi connectivity index (χ1n) is 5.52. The van der Waals surface area contributed by atoms with Crippen LogP contribution in [0.2, 0.25) is 0 Å². The molecule has 0 spiro atoms. The fourth-order valence-electron chi connectivity index (χ4n) is 1.67. The van der Waals surface area contributed by atoms with Gasteiger partial charge in [0.1, 0.15) is 5.82 Å². The molecule has 4 nitrogen and oxygen atoms in total. The van der Waals surface area contributed by atoms with Gasteiger partial charge in [0, 0.05) is 7.05 Å². The van der Waals surface area contributed by atoms with Gasteiger partial charge in [0.2, 0.25) is 0 Å². The molecule has 2 rings (SSSR count). The summed E-state index contributed by atoms with van der Waals surface area (Å²) in [5, 5.41) is 0. The average molecular weight is 280 g/mol. The summed E-state index contributed by atoms with van der Waals surface area (Å²) in [6.07, 6.45) is 0. The highest BCUT2D eigenvalue weighted by Gasteiger charge is 2.22. The van der Waals surface area contributed by atoms with Gasteiger partial charge in [-0.25, -0.2) is 12.8 Å². The molecule has 2 aromatic rings. The molecular formula is C13H13FN2O2S. The van der Waals surface area contributed by atoms with Gasteiger partial charge in [-0.3, -0.25) is 4.31 Å². The highest BCUT2D eigenvalue weighted by atomic mass is 32.2. The number of halogens is 1. The normalized spacial score (nSPS) is 11.3. The Morgan fingerprint density at radius 2 is 1.63 bits per heavy atom. The van der Waals surface area contributed by atoms with Gasteiger partial charge < -0.3 is 5.73 Å². The fraction of sp³-hybridized carbons (Fsp3) is 0.0769. The van der Waals surface area contributed by atoms with Gasteiger partial charge in [-0.1, -0.05) is 12.1 Å². The lowest BCUT2D eigenvalue weighted by molar-refractivity contribution is 0.593. The summed E-state index contributed by atoms with van der Waals surface area (Å²) in [6, 6.07) is 11.3. The van der Waals surface area contributed by atoms with E-state index in [0.717, 1.165) is 16.4 Å². The first-order chi connectivity index (χ1) is 8.93. The third-order valence-electron chi connectivity index (χ3n) is 2.75. The highest BCUT2D eigenvalue weighted by molar-refractivity contribution is 7.92. The topological polar surface area (TPSA) is 63.4 Å². The minimum atomic E-state index is -3.74. The summed E-state index contributed by atoms with van der Waals surface area (Å²) < 4.78 is 38.6. The first kappa shape index (κ1) is 13.4. The number of sulfonamides is 1. The Bertz CT molecular complexity index is 684. The molecule has 0 aliphatic rings. The SMILES string of the molecule is CN(c1ccccc1N)S(=O)(=O)c1ccc(F)cc1. The van der Waals surface area contributed by atoms with Crippen molar-refractivity contribution in [1.82, 2.24) is 0 Å². The maximum Gasteiger partial charge on any atom is 0.264 e. The zero-order valence-electron chi connectivity index (χ0n) is 10.2. The third kappa shape index (κ3) is 2.53. The second-order valence-electron chi connectivity index (χ2n) is 3.99. The van der Waals surface area contributed by atoms with Crippen LogP contribution >= 0.6 is 0 Å². The van der Waals surface area contributed by atoms with Crippen molar-refractivity contribution in [2.24, 2.45) is 0 Å². The smallest absolute Gasteiger partial charge is 0.264 e. The summed E-state index contributed by atoms with van der Waals surface area (Å²) in [6.45, 7) is 0. The van der Waals surface area contributed by atoms with Crippen LogP contribution in [0.25, 0.3) is 0 Å². The Kier molecular flexibility index (Phi) is 3.44.